The zero-order valence-corrected chi connectivity index (χ0v) is 13.0. The summed E-state index contributed by atoms with van der Waals surface area (Å²) in [4.78, 5) is 0. The lowest BCUT2D eigenvalue weighted by Gasteiger charge is -2.24. The van der Waals surface area contributed by atoms with E-state index in [1.807, 2.05) is 31.2 Å². The fourth-order valence-corrected chi connectivity index (χ4v) is 2.17. The summed E-state index contributed by atoms with van der Waals surface area (Å²) in [5.41, 5.74) is 7.60. The van der Waals surface area contributed by atoms with Crippen molar-refractivity contribution in [3.05, 3.63) is 47.7 Å². The number of nitrogens with two attached hydrogens (primary N) is 1. The molecule has 0 unspecified atom stereocenters. The van der Waals surface area contributed by atoms with Crippen molar-refractivity contribution in [2.75, 3.05) is 32.1 Å². The molecule has 4 N–H and O–H groups in total. The number of nitrogens with zero attached hydrogens (tertiary/aromatic N) is 2. The molecule has 1 saturated heterocycles. The second kappa shape index (κ2) is 8.43. The molecule has 6 heteroatoms. The van der Waals surface area contributed by atoms with Crippen molar-refractivity contribution in [2.45, 2.75) is 13.0 Å². The van der Waals surface area contributed by atoms with Crippen LogP contribution in [0, 0.1) is 6.92 Å². The largest absolute Gasteiger partial charge is 0.371 e. The molecule has 0 spiro atoms. The first kappa shape index (κ1) is 16.4. The van der Waals surface area contributed by atoms with Crippen molar-refractivity contribution in [1.82, 2.24) is 15.5 Å². The van der Waals surface area contributed by atoms with E-state index in [2.05, 4.69) is 38.7 Å². The molecule has 1 fully saturated rings. The summed E-state index contributed by atoms with van der Waals surface area (Å²) in [6.45, 7) is 4.49. The quantitative estimate of drug-likeness (QED) is 0.801. The summed E-state index contributed by atoms with van der Waals surface area (Å²) < 4.78 is 5.73. The number of anilines is 2. The molecule has 0 saturated carbocycles. The first-order chi connectivity index (χ1) is 10.8. The average Bonchev–Trinajstić information content (AvgIpc) is 2.60. The lowest BCUT2D eigenvalue weighted by atomic mass is 10.1. The van der Waals surface area contributed by atoms with Crippen LogP contribution in [0.3, 0.4) is 0 Å². The number of ether oxygens (including phenoxy) is 1. The second-order valence-corrected chi connectivity index (χ2v) is 4.87. The van der Waals surface area contributed by atoms with Crippen LogP contribution < -0.4 is 16.4 Å². The van der Waals surface area contributed by atoms with Crippen molar-refractivity contribution in [1.29, 1.82) is 0 Å². The van der Waals surface area contributed by atoms with Gasteiger partial charge in [-0.3, -0.25) is 0 Å². The Hall–Kier alpha value is -2.02. The molecule has 1 aliphatic heterocycles. The first-order valence-corrected chi connectivity index (χ1v) is 7.39. The summed E-state index contributed by atoms with van der Waals surface area (Å²) in [6.07, 6.45) is 0.150. The molecule has 2 heterocycles. The van der Waals surface area contributed by atoms with E-state index in [4.69, 9.17) is 4.74 Å². The topological polar surface area (TPSA) is 85.1 Å². The standard InChI is InChI=1S/C15H18N4O.CH5N/c1-11-2-7-15(19-18-11)17-13-5-3-12(4-6-13)14-10-16-8-9-20-14;1-2/h2-7,14,16H,8-10H2,1H3,(H,17,19);2H2,1H3/t14-;/m1./s1. The smallest absolute Gasteiger partial charge is 0.153 e. The minimum absolute atomic E-state index is 0.150. The van der Waals surface area contributed by atoms with Crippen molar-refractivity contribution in [3.63, 3.8) is 0 Å². The predicted molar refractivity (Wildman–Crippen MR) is 88.2 cm³/mol. The van der Waals surface area contributed by atoms with Gasteiger partial charge in [0.05, 0.1) is 18.4 Å². The van der Waals surface area contributed by atoms with E-state index in [-0.39, 0.29) is 6.10 Å². The van der Waals surface area contributed by atoms with Gasteiger partial charge in [-0.25, -0.2) is 0 Å². The predicted octanol–water partition coefficient (Wildman–Crippen LogP) is 1.76. The van der Waals surface area contributed by atoms with Gasteiger partial charge in [0.1, 0.15) is 0 Å². The third-order valence-corrected chi connectivity index (χ3v) is 3.28. The number of aryl methyl sites for hydroxylation is 1. The monoisotopic (exact) mass is 301 g/mol. The number of benzene rings is 1. The van der Waals surface area contributed by atoms with Gasteiger partial charge < -0.3 is 21.1 Å². The Bertz CT molecular complexity index is 550. The number of hydrogen-bond acceptors (Lipinski definition) is 6. The number of aromatic nitrogens is 2. The molecule has 1 aromatic carbocycles. The van der Waals surface area contributed by atoms with Gasteiger partial charge in [-0.1, -0.05) is 12.1 Å². The lowest BCUT2D eigenvalue weighted by Crippen LogP contribution is -2.33. The summed E-state index contributed by atoms with van der Waals surface area (Å²) in [6, 6.07) is 12.1. The Kier molecular flexibility index (Phi) is 6.27. The Morgan fingerprint density at radius 1 is 1.14 bits per heavy atom. The van der Waals surface area contributed by atoms with Crippen LogP contribution >= 0.6 is 0 Å². The molecule has 1 atom stereocenters. The minimum atomic E-state index is 0.150. The molecule has 1 aliphatic rings. The van der Waals surface area contributed by atoms with Gasteiger partial charge >= 0.3 is 0 Å². The van der Waals surface area contributed by atoms with Crippen molar-refractivity contribution in [2.24, 2.45) is 5.73 Å². The molecule has 22 heavy (non-hydrogen) atoms. The van der Waals surface area contributed by atoms with Crippen LogP contribution in [0.5, 0.6) is 0 Å². The fourth-order valence-electron chi connectivity index (χ4n) is 2.17. The zero-order chi connectivity index (χ0) is 15.8. The first-order valence-electron chi connectivity index (χ1n) is 7.39. The van der Waals surface area contributed by atoms with E-state index in [1.165, 1.54) is 12.6 Å². The van der Waals surface area contributed by atoms with Gasteiger partial charge in [-0.2, -0.15) is 5.10 Å². The van der Waals surface area contributed by atoms with Gasteiger partial charge in [0.25, 0.3) is 0 Å². The number of hydrogen-bond donors (Lipinski definition) is 3. The Labute approximate surface area is 131 Å². The van der Waals surface area contributed by atoms with Crippen LogP contribution in [-0.2, 0) is 4.74 Å². The highest BCUT2D eigenvalue weighted by molar-refractivity contribution is 5.56. The van der Waals surface area contributed by atoms with E-state index in [9.17, 15) is 0 Å². The highest BCUT2D eigenvalue weighted by Crippen LogP contribution is 2.22. The SMILES string of the molecule is CN.Cc1ccc(Nc2ccc([C@H]3CNCCO3)cc2)nn1. The van der Waals surface area contributed by atoms with Crippen LogP contribution in [0.1, 0.15) is 17.4 Å². The summed E-state index contributed by atoms with van der Waals surface area (Å²) in [5, 5.41) is 14.7. The number of rotatable bonds is 3. The lowest BCUT2D eigenvalue weighted by molar-refractivity contribution is 0.0277. The highest BCUT2D eigenvalue weighted by Gasteiger charge is 2.15. The number of nitrogens with one attached hydrogen (secondary N) is 2. The van der Waals surface area contributed by atoms with E-state index < -0.39 is 0 Å². The van der Waals surface area contributed by atoms with Crippen LogP contribution in [0.15, 0.2) is 36.4 Å². The summed E-state index contributed by atoms with van der Waals surface area (Å²) in [7, 11) is 1.50. The highest BCUT2D eigenvalue weighted by atomic mass is 16.5. The Balaban J connectivity index is 0.000000847. The maximum atomic E-state index is 5.73. The molecule has 3 rings (SSSR count). The van der Waals surface area contributed by atoms with Gasteiger partial charge in [0.2, 0.25) is 0 Å². The van der Waals surface area contributed by atoms with E-state index >= 15 is 0 Å². The second-order valence-electron chi connectivity index (χ2n) is 4.87. The Morgan fingerprint density at radius 2 is 1.91 bits per heavy atom. The van der Waals surface area contributed by atoms with Crippen molar-refractivity contribution < 1.29 is 4.74 Å². The van der Waals surface area contributed by atoms with Gasteiger partial charge in [0.15, 0.2) is 5.82 Å². The van der Waals surface area contributed by atoms with Crippen LogP contribution in [-0.4, -0.2) is 36.9 Å². The molecule has 0 radical (unpaired) electrons. The van der Waals surface area contributed by atoms with Gasteiger partial charge in [0, 0.05) is 18.8 Å². The maximum Gasteiger partial charge on any atom is 0.153 e. The third kappa shape index (κ3) is 4.49. The molecular formula is C16H23N5O. The molecular weight excluding hydrogens is 278 g/mol. The summed E-state index contributed by atoms with van der Waals surface area (Å²) in [5.74, 6) is 0.749. The Morgan fingerprint density at radius 3 is 2.50 bits per heavy atom. The normalized spacial score (nSPS) is 17.3. The van der Waals surface area contributed by atoms with Gasteiger partial charge in [-0.05, 0) is 43.8 Å². The van der Waals surface area contributed by atoms with Crippen LogP contribution in [0.4, 0.5) is 11.5 Å². The molecule has 1 aromatic heterocycles. The average molecular weight is 301 g/mol. The van der Waals surface area contributed by atoms with Crippen molar-refractivity contribution >= 4 is 11.5 Å². The maximum absolute atomic E-state index is 5.73. The zero-order valence-electron chi connectivity index (χ0n) is 13.0. The van der Waals surface area contributed by atoms with Crippen molar-refractivity contribution in [3.8, 4) is 0 Å². The molecule has 0 aliphatic carbocycles. The van der Waals surface area contributed by atoms with Crippen LogP contribution in [0.25, 0.3) is 0 Å². The van der Waals surface area contributed by atoms with E-state index in [0.29, 0.717) is 0 Å². The fraction of sp³-hybridized carbons (Fsp3) is 0.375. The van der Waals surface area contributed by atoms with E-state index in [0.717, 1.165) is 36.9 Å². The third-order valence-electron chi connectivity index (χ3n) is 3.28. The molecule has 118 valence electrons. The van der Waals surface area contributed by atoms with E-state index in [1.54, 1.807) is 0 Å². The van der Waals surface area contributed by atoms with Gasteiger partial charge in [-0.15, -0.1) is 5.10 Å². The molecule has 0 amide bonds. The molecule has 2 aromatic rings. The minimum Gasteiger partial charge on any atom is -0.371 e. The number of morpholine rings is 1. The molecule has 6 nitrogen and oxygen atoms in total. The summed E-state index contributed by atoms with van der Waals surface area (Å²) >= 11 is 0. The molecule has 0 bridgehead atoms. The van der Waals surface area contributed by atoms with Crippen LogP contribution in [0.2, 0.25) is 0 Å².